The summed E-state index contributed by atoms with van der Waals surface area (Å²) in [4.78, 5) is 14.6. The number of hydrogen-bond acceptors (Lipinski definition) is 2. The highest BCUT2D eigenvalue weighted by Crippen LogP contribution is 2.28. The van der Waals surface area contributed by atoms with Crippen molar-refractivity contribution in [2.45, 2.75) is 38.6 Å². The summed E-state index contributed by atoms with van der Waals surface area (Å²) in [6, 6.07) is 7.99. The first-order valence-electron chi connectivity index (χ1n) is 7.36. The van der Waals surface area contributed by atoms with Crippen molar-refractivity contribution in [1.29, 1.82) is 0 Å². The minimum Gasteiger partial charge on any atom is -0.336 e. The molecule has 1 aromatic rings. The van der Waals surface area contributed by atoms with Crippen molar-refractivity contribution in [2.24, 2.45) is 5.73 Å². The Hall–Kier alpha value is -1.79. The van der Waals surface area contributed by atoms with Crippen LogP contribution in [-0.2, 0) is 0 Å². The predicted octanol–water partition coefficient (Wildman–Crippen LogP) is 2.40. The standard InChI is InChI=1S/C17H22N2O/c1-2-3-12-19(16-9-10-16)17(20)15-8-4-6-14(13-15)7-5-11-18/h4,6,8,13,16H,2-3,9-12,18H2,1H3. The number of unbranched alkanes of at least 4 members (excludes halogenated alkanes) is 1. The van der Waals surface area contributed by atoms with E-state index in [0.29, 0.717) is 12.6 Å². The van der Waals surface area contributed by atoms with Gasteiger partial charge in [-0.1, -0.05) is 31.3 Å². The molecule has 1 aliphatic rings. The van der Waals surface area contributed by atoms with Gasteiger partial charge in [0.25, 0.3) is 5.91 Å². The van der Waals surface area contributed by atoms with Crippen LogP contribution in [0.3, 0.4) is 0 Å². The van der Waals surface area contributed by atoms with E-state index in [0.717, 1.165) is 43.4 Å². The van der Waals surface area contributed by atoms with E-state index < -0.39 is 0 Å². The molecule has 3 nitrogen and oxygen atoms in total. The second-order valence-electron chi connectivity index (χ2n) is 5.17. The number of carbonyl (C=O) groups excluding carboxylic acids is 1. The van der Waals surface area contributed by atoms with Crippen LogP contribution < -0.4 is 5.73 Å². The largest absolute Gasteiger partial charge is 0.336 e. The SMILES string of the molecule is CCCCN(C(=O)c1cccc(C#CCN)c1)C1CC1. The van der Waals surface area contributed by atoms with Gasteiger partial charge in [-0.05, 0) is 37.5 Å². The molecule has 0 atom stereocenters. The molecule has 1 aromatic carbocycles. The number of nitrogens with zero attached hydrogens (tertiary/aromatic N) is 1. The molecule has 1 fully saturated rings. The lowest BCUT2D eigenvalue weighted by molar-refractivity contribution is 0.0740. The summed E-state index contributed by atoms with van der Waals surface area (Å²) in [6.45, 7) is 3.35. The van der Waals surface area contributed by atoms with Crippen molar-refractivity contribution in [3.05, 3.63) is 35.4 Å². The topological polar surface area (TPSA) is 46.3 Å². The maximum Gasteiger partial charge on any atom is 0.254 e. The van der Waals surface area contributed by atoms with Gasteiger partial charge in [0.1, 0.15) is 0 Å². The number of nitrogens with two attached hydrogens (primary N) is 1. The quantitative estimate of drug-likeness (QED) is 0.835. The zero-order valence-corrected chi connectivity index (χ0v) is 12.1. The molecule has 1 amide bonds. The van der Waals surface area contributed by atoms with Crippen LogP contribution in [0.2, 0.25) is 0 Å². The highest BCUT2D eigenvalue weighted by molar-refractivity contribution is 5.95. The number of amides is 1. The first-order chi connectivity index (χ1) is 9.76. The Labute approximate surface area is 121 Å². The minimum atomic E-state index is 0.136. The summed E-state index contributed by atoms with van der Waals surface area (Å²) in [5.74, 6) is 5.94. The third-order valence-corrected chi connectivity index (χ3v) is 3.45. The molecule has 1 saturated carbocycles. The van der Waals surface area contributed by atoms with Crippen molar-refractivity contribution in [3.8, 4) is 11.8 Å². The summed E-state index contributed by atoms with van der Waals surface area (Å²) in [5.41, 5.74) is 6.96. The number of hydrogen-bond donors (Lipinski definition) is 1. The molecule has 0 radical (unpaired) electrons. The molecule has 20 heavy (non-hydrogen) atoms. The fraction of sp³-hybridized carbons (Fsp3) is 0.471. The first kappa shape index (κ1) is 14.6. The molecule has 0 saturated heterocycles. The number of benzene rings is 1. The van der Waals surface area contributed by atoms with Crippen LogP contribution in [0.15, 0.2) is 24.3 Å². The Bertz CT molecular complexity index is 523. The van der Waals surface area contributed by atoms with Crippen LogP contribution >= 0.6 is 0 Å². The molecule has 0 heterocycles. The van der Waals surface area contributed by atoms with Crippen LogP contribution in [0.5, 0.6) is 0 Å². The molecule has 2 rings (SSSR count). The second kappa shape index (κ2) is 7.12. The molecule has 0 spiro atoms. The average Bonchev–Trinajstić information content (AvgIpc) is 3.30. The third-order valence-electron chi connectivity index (χ3n) is 3.45. The van der Waals surface area contributed by atoms with Gasteiger partial charge >= 0.3 is 0 Å². The van der Waals surface area contributed by atoms with Crippen molar-refractivity contribution < 1.29 is 4.79 Å². The Kier molecular flexibility index (Phi) is 5.20. The molecule has 0 unspecified atom stereocenters. The lowest BCUT2D eigenvalue weighted by Gasteiger charge is -2.22. The summed E-state index contributed by atoms with van der Waals surface area (Å²) >= 11 is 0. The van der Waals surface area contributed by atoms with E-state index in [1.807, 2.05) is 29.2 Å². The Morgan fingerprint density at radius 2 is 2.25 bits per heavy atom. The van der Waals surface area contributed by atoms with Gasteiger partial charge in [0.15, 0.2) is 0 Å². The Morgan fingerprint density at radius 3 is 2.90 bits per heavy atom. The molecule has 106 valence electrons. The van der Waals surface area contributed by atoms with E-state index in [-0.39, 0.29) is 5.91 Å². The minimum absolute atomic E-state index is 0.136. The Balaban J connectivity index is 2.13. The van der Waals surface area contributed by atoms with E-state index in [1.54, 1.807) is 0 Å². The van der Waals surface area contributed by atoms with Gasteiger partial charge in [0, 0.05) is 23.7 Å². The number of rotatable bonds is 5. The number of carbonyl (C=O) groups is 1. The van der Waals surface area contributed by atoms with Gasteiger partial charge in [-0.15, -0.1) is 0 Å². The molecule has 0 aromatic heterocycles. The zero-order chi connectivity index (χ0) is 14.4. The van der Waals surface area contributed by atoms with E-state index in [1.165, 1.54) is 0 Å². The predicted molar refractivity (Wildman–Crippen MR) is 81.3 cm³/mol. The van der Waals surface area contributed by atoms with E-state index in [9.17, 15) is 4.79 Å². The Morgan fingerprint density at radius 1 is 1.45 bits per heavy atom. The summed E-state index contributed by atoms with van der Waals surface area (Å²) in [6.07, 6.45) is 4.46. The van der Waals surface area contributed by atoms with Gasteiger partial charge in [-0.2, -0.15) is 0 Å². The van der Waals surface area contributed by atoms with E-state index >= 15 is 0 Å². The lowest BCUT2D eigenvalue weighted by atomic mass is 10.1. The van der Waals surface area contributed by atoms with Crippen LogP contribution in [0.25, 0.3) is 0 Å². The molecule has 3 heteroatoms. The van der Waals surface area contributed by atoms with E-state index in [2.05, 4.69) is 18.8 Å². The lowest BCUT2D eigenvalue weighted by Crippen LogP contribution is -2.34. The summed E-state index contributed by atoms with van der Waals surface area (Å²) in [5, 5.41) is 0. The van der Waals surface area contributed by atoms with Gasteiger partial charge in [0.05, 0.1) is 6.54 Å². The monoisotopic (exact) mass is 270 g/mol. The highest BCUT2D eigenvalue weighted by atomic mass is 16.2. The maximum atomic E-state index is 12.6. The molecule has 0 bridgehead atoms. The van der Waals surface area contributed by atoms with Crippen LogP contribution in [0.1, 0.15) is 48.5 Å². The van der Waals surface area contributed by atoms with Gasteiger partial charge < -0.3 is 10.6 Å². The van der Waals surface area contributed by atoms with E-state index in [4.69, 9.17) is 5.73 Å². The smallest absolute Gasteiger partial charge is 0.254 e. The fourth-order valence-electron chi connectivity index (χ4n) is 2.21. The van der Waals surface area contributed by atoms with Gasteiger partial charge in [-0.25, -0.2) is 0 Å². The molecular formula is C17H22N2O. The van der Waals surface area contributed by atoms with Crippen molar-refractivity contribution >= 4 is 5.91 Å². The normalized spacial score (nSPS) is 13.5. The van der Waals surface area contributed by atoms with Crippen molar-refractivity contribution in [1.82, 2.24) is 4.90 Å². The van der Waals surface area contributed by atoms with Crippen LogP contribution in [0.4, 0.5) is 0 Å². The van der Waals surface area contributed by atoms with Crippen molar-refractivity contribution in [3.63, 3.8) is 0 Å². The van der Waals surface area contributed by atoms with Crippen LogP contribution in [0, 0.1) is 11.8 Å². The second-order valence-corrected chi connectivity index (χ2v) is 5.17. The van der Waals surface area contributed by atoms with Crippen LogP contribution in [-0.4, -0.2) is 29.9 Å². The maximum absolute atomic E-state index is 12.6. The molecule has 0 aliphatic heterocycles. The fourth-order valence-corrected chi connectivity index (χ4v) is 2.21. The van der Waals surface area contributed by atoms with Gasteiger partial charge in [0.2, 0.25) is 0 Å². The average molecular weight is 270 g/mol. The summed E-state index contributed by atoms with van der Waals surface area (Å²) < 4.78 is 0. The third kappa shape index (κ3) is 3.85. The zero-order valence-electron chi connectivity index (χ0n) is 12.1. The molecule has 2 N–H and O–H groups in total. The first-order valence-corrected chi connectivity index (χ1v) is 7.36. The highest BCUT2D eigenvalue weighted by Gasteiger charge is 2.32. The van der Waals surface area contributed by atoms with Gasteiger partial charge in [-0.3, -0.25) is 4.79 Å². The molecular weight excluding hydrogens is 248 g/mol. The summed E-state index contributed by atoms with van der Waals surface area (Å²) in [7, 11) is 0. The molecule has 1 aliphatic carbocycles. The van der Waals surface area contributed by atoms with Crippen molar-refractivity contribution in [2.75, 3.05) is 13.1 Å².